The lowest BCUT2D eigenvalue weighted by Gasteiger charge is -2.27. The van der Waals surface area contributed by atoms with Crippen LogP contribution in [0.3, 0.4) is 0 Å². The molecule has 1 unspecified atom stereocenters. The first kappa shape index (κ1) is 23.9. The predicted octanol–water partition coefficient (Wildman–Crippen LogP) is 4.63. The van der Waals surface area contributed by atoms with E-state index >= 15 is 0 Å². The van der Waals surface area contributed by atoms with Gasteiger partial charge in [0.15, 0.2) is 0 Å². The topological polar surface area (TPSA) is 81.8 Å². The fraction of sp³-hybridized carbons (Fsp3) is 0.348. The highest BCUT2D eigenvalue weighted by atomic mass is 35.5. The molecule has 0 aliphatic carbocycles. The Morgan fingerprint density at radius 2 is 1.78 bits per heavy atom. The van der Waals surface area contributed by atoms with E-state index in [9.17, 15) is 14.4 Å². The van der Waals surface area contributed by atoms with Crippen molar-refractivity contribution in [2.24, 2.45) is 0 Å². The van der Waals surface area contributed by atoms with Crippen LogP contribution in [0.15, 0.2) is 42.5 Å². The molecular formula is C23H26Cl2N4O3. The second kappa shape index (κ2) is 9.38. The summed E-state index contributed by atoms with van der Waals surface area (Å²) in [6, 6.07) is 11.9. The first-order chi connectivity index (χ1) is 15.1. The minimum absolute atomic E-state index is 0.270. The molecule has 1 aliphatic heterocycles. The van der Waals surface area contributed by atoms with Crippen molar-refractivity contribution in [2.75, 3.05) is 23.3 Å². The number of benzene rings is 2. The van der Waals surface area contributed by atoms with Gasteiger partial charge in [0.25, 0.3) is 5.91 Å². The van der Waals surface area contributed by atoms with Gasteiger partial charge in [0.2, 0.25) is 5.91 Å². The highest BCUT2D eigenvalue weighted by Gasteiger charge is 2.49. The van der Waals surface area contributed by atoms with Crippen LogP contribution in [0.5, 0.6) is 0 Å². The third-order valence-electron chi connectivity index (χ3n) is 5.52. The fourth-order valence-corrected chi connectivity index (χ4v) is 4.07. The van der Waals surface area contributed by atoms with E-state index in [-0.39, 0.29) is 5.02 Å². The Kier molecular flexibility index (Phi) is 7.00. The van der Waals surface area contributed by atoms with Gasteiger partial charge in [-0.2, -0.15) is 0 Å². The summed E-state index contributed by atoms with van der Waals surface area (Å²) in [7, 11) is 0. The van der Waals surface area contributed by atoms with Crippen molar-refractivity contribution in [2.45, 2.75) is 39.3 Å². The van der Waals surface area contributed by atoms with Gasteiger partial charge < -0.3 is 15.5 Å². The molecule has 0 spiro atoms. The van der Waals surface area contributed by atoms with Crippen LogP contribution >= 0.6 is 23.2 Å². The van der Waals surface area contributed by atoms with Crippen molar-refractivity contribution >= 4 is 52.4 Å². The number of carbonyl (C=O) groups excluding carboxylic acids is 3. The molecule has 4 amide bonds. The lowest BCUT2D eigenvalue weighted by Crippen LogP contribution is -2.42. The molecule has 7 nitrogen and oxygen atoms in total. The van der Waals surface area contributed by atoms with E-state index in [0.29, 0.717) is 22.3 Å². The summed E-state index contributed by atoms with van der Waals surface area (Å²) in [6.45, 7) is 8.34. The number of amides is 4. The number of halogens is 2. The Balaban J connectivity index is 1.69. The van der Waals surface area contributed by atoms with Crippen LogP contribution in [0.25, 0.3) is 0 Å². The lowest BCUT2D eigenvalue weighted by molar-refractivity contribution is -0.133. The van der Waals surface area contributed by atoms with Crippen LogP contribution < -0.4 is 15.5 Å². The number of imide groups is 1. The van der Waals surface area contributed by atoms with Crippen LogP contribution in [0.1, 0.15) is 33.3 Å². The molecule has 2 N–H and O–H groups in total. The Hall–Kier alpha value is -2.77. The number of hydrogen-bond acceptors (Lipinski definition) is 4. The summed E-state index contributed by atoms with van der Waals surface area (Å²) in [5.41, 5.74) is 0.771. The molecule has 170 valence electrons. The molecule has 0 bridgehead atoms. The molecule has 3 rings (SSSR count). The molecule has 1 atom stereocenters. The summed E-state index contributed by atoms with van der Waals surface area (Å²) in [4.78, 5) is 41.2. The average molecular weight is 477 g/mol. The van der Waals surface area contributed by atoms with Crippen molar-refractivity contribution in [1.82, 2.24) is 10.2 Å². The third-order valence-corrected chi connectivity index (χ3v) is 6.26. The maximum absolute atomic E-state index is 13.0. The third kappa shape index (κ3) is 4.69. The quantitative estimate of drug-likeness (QED) is 0.570. The van der Waals surface area contributed by atoms with Gasteiger partial charge in [0, 0.05) is 24.0 Å². The summed E-state index contributed by atoms with van der Waals surface area (Å²) < 4.78 is 0. The molecule has 2 aromatic carbocycles. The number of rotatable bonds is 7. The van der Waals surface area contributed by atoms with Crippen molar-refractivity contribution in [3.05, 3.63) is 58.1 Å². The lowest BCUT2D eigenvalue weighted by atomic mass is 9.92. The molecule has 9 heteroatoms. The van der Waals surface area contributed by atoms with Gasteiger partial charge in [0.05, 0.1) is 10.0 Å². The molecule has 32 heavy (non-hydrogen) atoms. The van der Waals surface area contributed by atoms with Crippen LogP contribution in [-0.2, 0) is 15.1 Å². The van der Waals surface area contributed by atoms with Gasteiger partial charge in [0.1, 0.15) is 12.1 Å². The van der Waals surface area contributed by atoms with E-state index in [4.69, 9.17) is 23.2 Å². The van der Waals surface area contributed by atoms with Crippen molar-refractivity contribution < 1.29 is 14.4 Å². The SMILES string of the molecule is CCN(c1ccc(NC(=O)CN2C(=O)NC(C)(c3ccc(Cl)c(Cl)c3)C2=O)cc1)C(C)C. The number of urea groups is 1. The molecule has 1 fully saturated rings. The van der Waals surface area contributed by atoms with E-state index in [1.54, 1.807) is 31.2 Å². The number of nitrogens with zero attached hydrogens (tertiary/aromatic N) is 2. The first-order valence-electron chi connectivity index (χ1n) is 10.3. The molecule has 1 heterocycles. The van der Waals surface area contributed by atoms with Gasteiger partial charge in [-0.05, 0) is 69.7 Å². The number of nitrogens with one attached hydrogen (secondary N) is 2. The molecule has 0 radical (unpaired) electrons. The van der Waals surface area contributed by atoms with Crippen molar-refractivity contribution in [3.63, 3.8) is 0 Å². The maximum atomic E-state index is 13.0. The second-order valence-corrected chi connectivity index (χ2v) is 8.86. The zero-order valence-corrected chi connectivity index (χ0v) is 19.9. The minimum Gasteiger partial charge on any atom is -0.369 e. The molecule has 0 saturated carbocycles. The summed E-state index contributed by atoms with van der Waals surface area (Å²) in [5, 5.41) is 6.00. The van der Waals surface area contributed by atoms with E-state index in [1.165, 1.54) is 6.07 Å². The van der Waals surface area contributed by atoms with Crippen molar-refractivity contribution in [3.8, 4) is 0 Å². The molecule has 1 aliphatic rings. The van der Waals surface area contributed by atoms with Crippen LogP contribution in [0, 0.1) is 0 Å². The highest BCUT2D eigenvalue weighted by molar-refractivity contribution is 6.42. The minimum atomic E-state index is -1.34. The number of carbonyl (C=O) groups is 3. The molecule has 1 saturated heterocycles. The van der Waals surface area contributed by atoms with Gasteiger partial charge in [-0.25, -0.2) is 4.79 Å². The van der Waals surface area contributed by atoms with Gasteiger partial charge in [-0.3, -0.25) is 14.5 Å². The van der Waals surface area contributed by atoms with E-state index in [1.807, 2.05) is 12.1 Å². The molecular weight excluding hydrogens is 451 g/mol. The highest BCUT2D eigenvalue weighted by Crippen LogP contribution is 2.33. The monoisotopic (exact) mass is 476 g/mol. The smallest absolute Gasteiger partial charge is 0.325 e. The Morgan fingerprint density at radius 1 is 1.12 bits per heavy atom. The van der Waals surface area contributed by atoms with Crippen molar-refractivity contribution in [1.29, 1.82) is 0 Å². The van der Waals surface area contributed by atoms with Gasteiger partial charge >= 0.3 is 6.03 Å². The fourth-order valence-electron chi connectivity index (χ4n) is 3.77. The Bertz CT molecular complexity index is 1040. The molecule has 2 aromatic rings. The summed E-state index contributed by atoms with van der Waals surface area (Å²) >= 11 is 12.0. The average Bonchev–Trinajstić information content (AvgIpc) is 2.95. The zero-order chi connectivity index (χ0) is 23.6. The normalized spacial score (nSPS) is 18.2. The molecule has 0 aromatic heterocycles. The van der Waals surface area contributed by atoms with Crippen LogP contribution in [0.2, 0.25) is 10.0 Å². The number of hydrogen-bond donors (Lipinski definition) is 2. The predicted molar refractivity (Wildman–Crippen MR) is 127 cm³/mol. The first-order valence-corrected chi connectivity index (χ1v) is 11.1. The Labute approximate surface area is 197 Å². The van der Waals surface area contributed by atoms with E-state index < -0.39 is 29.9 Å². The van der Waals surface area contributed by atoms with Gasteiger partial charge in [-0.15, -0.1) is 0 Å². The summed E-state index contributed by atoms with van der Waals surface area (Å²) in [6.07, 6.45) is 0. The number of anilines is 2. The zero-order valence-electron chi connectivity index (χ0n) is 18.4. The maximum Gasteiger partial charge on any atom is 0.325 e. The van der Waals surface area contributed by atoms with E-state index in [0.717, 1.165) is 17.1 Å². The Morgan fingerprint density at radius 3 is 2.34 bits per heavy atom. The van der Waals surface area contributed by atoms with E-state index in [2.05, 4.69) is 36.3 Å². The van der Waals surface area contributed by atoms with Crippen LogP contribution in [0.4, 0.5) is 16.2 Å². The standard InChI is InChI=1S/C23H26Cl2N4O3/c1-5-28(14(2)3)17-9-7-16(8-10-17)26-20(30)13-29-21(31)23(4,27-22(29)32)15-6-11-18(24)19(25)12-15/h6-12,14H,5,13H2,1-4H3,(H,26,30)(H,27,32). The largest absolute Gasteiger partial charge is 0.369 e. The van der Waals surface area contributed by atoms with Gasteiger partial charge in [-0.1, -0.05) is 29.3 Å². The summed E-state index contributed by atoms with van der Waals surface area (Å²) in [5.74, 6) is -1.02. The van der Waals surface area contributed by atoms with Crippen LogP contribution in [-0.4, -0.2) is 41.9 Å². The second-order valence-electron chi connectivity index (χ2n) is 8.05.